The van der Waals surface area contributed by atoms with Crippen molar-refractivity contribution in [1.29, 1.82) is 0 Å². The summed E-state index contributed by atoms with van der Waals surface area (Å²) in [5, 5.41) is 4.20. The van der Waals surface area contributed by atoms with E-state index in [4.69, 9.17) is 11.6 Å². The zero-order valence-electron chi connectivity index (χ0n) is 10.6. The molecule has 0 saturated carbocycles. The van der Waals surface area contributed by atoms with Crippen LogP contribution in [0.15, 0.2) is 22.7 Å². The van der Waals surface area contributed by atoms with Crippen molar-refractivity contribution < 1.29 is 0 Å². The molecular formula is C14H21BrClN. The van der Waals surface area contributed by atoms with Crippen molar-refractivity contribution >= 4 is 27.5 Å². The van der Waals surface area contributed by atoms with Gasteiger partial charge in [0.1, 0.15) is 0 Å². The van der Waals surface area contributed by atoms with Crippen LogP contribution in [-0.2, 0) is 0 Å². The summed E-state index contributed by atoms with van der Waals surface area (Å²) in [5.41, 5.74) is 1.19. The second-order valence-corrected chi connectivity index (χ2v) is 5.59. The number of hydrogen-bond acceptors (Lipinski definition) is 1. The number of nitrogens with one attached hydrogen (secondary N) is 1. The van der Waals surface area contributed by atoms with Crippen molar-refractivity contribution in [2.45, 2.75) is 45.1 Å². The van der Waals surface area contributed by atoms with Gasteiger partial charge in [0.2, 0.25) is 0 Å². The monoisotopic (exact) mass is 317 g/mol. The predicted molar refractivity (Wildman–Crippen MR) is 79.7 cm³/mol. The molecule has 0 heterocycles. The number of benzene rings is 1. The Hall–Kier alpha value is -0.0500. The van der Waals surface area contributed by atoms with Gasteiger partial charge in [-0.2, -0.15) is 0 Å². The molecule has 0 fully saturated rings. The lowest BCUT2D eigenvalue weighted by atomic mass is 10.00. The smallest absolute Gasteiger partial charge is 0.0465 e. The van der Waals surface area contributed by atoms with Gasteiger partial charge >= 0.3 is 0 Å². The summed E-state index contributed by atoms with van der Waals surface area (Å²) in [7, 11) is 2.00. The van der Waals surface area contributed by atoms with Gasteiger partial charge in [-0.15, -0.1) is 0 Å². The summed E-state index contributed by atoms with van der Waals surface area (Å²) in [5.74, 6) is 0. The minimum Gasteiger partial charge on any atom is -0.313 e. The van der Waals surface area contributed by atoms with Gasteiger partial charge in [0.15, 0.2) is 0 Å². The van der Waals surface area contributed by atoms with Crippen molar-refractivity contribution in [3.05, 3.63) is 33.3 Å². The maximum atomic E-state index is 6.27. The van der Waals surface area contributed by atoms with Crippen molar-refractivity contribution in [3.8, 4) is 0 Å². The number of rotatable bonds is 7. The number of unbranched alkanes of at least 4 members (excludes halogenated alkanes) is 3. The average Bonchev–Trinajstić information content (AvgIpc) is 2.31. The van der Waals surface area contributed by atoms with Crippen LogP contribution in [0.3, 0.4) is 0 Å². The number of hydrogen-bond donors (Lipinski definition) is 1. The van der Waals surface area contributed by atoms with E-state index < -0.39 is 0 Å². The third-order valence-electron chi connectivity index (χ3n) is 3.04. The van der Waals surface area contributed by atoms with Gasteiger partial charge in [-0.3, -0.25) is 0 Å². The van der Waals surface area contributed by atoms with E-state index in [1.165, 1.54) is 31.2 Å². The highest BCUT2D eigenvalue weighted by atomic mass is 79.9. The summed E-state index contributed by atoms with van der Waals surface area (Å²) < 4.78 is 1.10. The highest BCUT2D eigenvalue weighted by Crippen LogP contribution is 2.32. The van der Waals surface area contributed by atoms with Gasteiger partial charge in [-0.25, -0.2) is 0 Å². The van der Waals surface area contributed by atoms with Crippen LogP contribution in [0.25, 0.3) is 0 Å². The highest BCUT2D eigenvalue weighted by molar-refractivity contribution is 9.10. The molecule has 0 aliphatic carbocycles. The molecule has 1 nitrogen and oxygen atoms in total. The lowest BCUT2D eigenvalue weighted by Gasteiger charge is -2.19. The second-order valence-electron chi connectivity index (χ2n) is 4.33. The van der Waals surface area contributed by atoms with Gasteiger partial charge in [-0.05, 0) is 25.6 Å². The lowest BCUT2D eigenvalue weighted by Crippen LogP contribution is -2.17. The molecule has 0 spiro atoms. The van der Waals surface area contributed by atoms with Gasteiger partial charge in [-0.1, -0.05) is 66.2 Å². The molecule has 0 bridgehead atoms. The summed E-state index contributed by atoms with van der Waals surface area (Å²) in [4.78, 5) is 0. The van der Waals surface area contributed by atoms with E-state index in [9.17, 15) is 0 Å². The van der Waals surface area contributed by atoms with E-state index in [-0.39, 0.29) is 0 Å². The Morgan fingerprint density at radius 2 is 2.06 bits per heavy atom. The Morgan fingerprint density at radius 1 is 1.29 bits per heavy atom. The fraction of sp³-hybridized carbons (Fsp3) is 0.571. The van der Waals surface area contributed by atoms with E-state index >= 15 is 0 Å². The highest BCUT2D eigenvalue weighted by Gasteiger charge is 2.15. The quantitative estimate of drug-likeness (QED) is 0.670. The second kappa shape index (κ2) is 8.12. The Balaban J connectivity index is 2.66. The first kappa shape index (κ1) is 15.0. The fourth-order valence-corrected chi connectivity index (χ4v) is 3.11. The molecule has 1 aromatic carbocycles. The van der Waals surface area contributed by atoms with Crippen LogP contribution in [0.1, 0.15) is 50.6 Å². The molecule has 0 aromatic heterocycles. The molecule has 1 atom stereocenters. The Bertz CT molecular complexity index is 321. The Kier molecular flexibility index (Phi) is 7.17. The van der Waals surface area contributed by atoms with Crippen molar-refractivity contribution in [2.75, 3.05) is 7.05 Å². The van der Waals surface area contributed by atoms with Gasteiger partial charge < -0.3 is 5.32 Å². The third kappa shape index (κ3) is 4.61. The SMILES string of the molecule is CCCCCCC(NC)c1c(Cl)cccc1Br. The molecule has 0 aliphatic heterocycles. The Morgan fingerprint density at radius 3 is 2.65 bits per heavy atom. The van der Waals surface area contributed by atoms with E-state index in [0.717, 1.165) is 15.9 Å². The van der Waals surface area contributed by atoms with Crippen molar-refractivity contribution in [1.82, 2.24) is 5.32 Å². The molecule has 1 rings (SSSR count). The van der Waals surface area contributed by atoms with Crippen LogP contribution in [0.2, 0.25) is 5.02 Å². The first-order chi connectivity index (χ1) is 8.20. The standard InChI is InChI=1S/C14H21BrClN/c1-3-4-5-6-10-13(17-2)14-11(15)8-7-9-12(14)16/h7-9,13,17H,3-6,10H2,1-2H3. The first-order valence-electron chi connectivity index (χ1n) is 6.31. The van der Waals surface area contributed by atoms with E-state index in [2.05, 4.69) is 34.2 Å². The van der Waals surface area contributed by atoms with Crippen molar-refractivity contribution in [3.63, 3.8) is 0 Å². The molecule has 0 aliphatic rings. The number of halogens is 2. The predicted octanol–water partition coefficient (Wildman–Crippen LogP) is 5.33. The summed E-state index contributed by atoms with van der Waals surface area (Å²) >= 11 is 9.86. The van der Waals surface area contributed by atoms with E-state index in [1.807, 2.05) is 19.2 Å². The average molecular weight is 319 g/mol. The molecule has 17 heavy (non-hydrogen) atoms. The van der Waals surface area contributed by atoms with E-state index in [1.54, 1.807) is 0 Å². The molecule has 0 saturated heterocycles. The molecule has 0 amide bonds. The van der Waals surface area contributed by atoms with Crippen molar-refractivity contribution in [2.24, 2.45) is 0 Å². The minimum atomic E-state index is 0.343. The topological polar surface area (TPSA) is 12.0 Å². The largest absolute Gasteiger partial charge is 0.313 e. The molecule has 3 heteroatoms. The molecule has 96 valence electrons. The lowest BCUT2D eigenvalue weighted by molar-refractivity contribution is 0.504. The zero-order valence-corrected chi connectivity index (χ0v) is 12.9. The summed E-state index contributed by atoms with van der Waals surface area (Å²) in [6.07, 6.45) is 6.28. The minimum absolute atomic E-state index is 0.343. The van der Waals surface area contributed by atoms with Crippen LogP contribution in [0.4, 0.5) is 0 Å². The van der Waals surface area contributed by atoms with Crippen LogP contribution < -0.4 is 5.32 Å². The molecular weight excluding hydrogens is 298 g/mol. The Labute approximate surface area is 118 Å². The zero-order chi connectivity index (χ0) is 12.7. The van der Waals surface area contributed by atoms with Crippen LogP contribution in [0.5, 0.6) is 0 Å². The van der Waals surface area contributed by atoms with Gasteiger partial charge in [0.05, 0.1) is 0 Å². The van der Waals surface area contributed by atoms with Crippen LogP contribution in [0, 0.1) is 0 Å². The maximum absolute atomic E-state index is 6.27. The molecule has 1 aromatic rings. The first-order valence-corrected chi connectivity index (χ1v) is 7.49. The van der Waals surface area contributed by atoms with Crippen LogP contribution in [-0.4, -0.2) is 7.05 Å². The molecule has 1 N–H and O–H groups in total. The normalized spacial score (nSPS) is 12.7. The maximum Gasteiger partial charge on any atom is 0.0465 e. The summed E-state index contributed by atoms with van der Waals surface area (Å²) in [6.45, 7) is 2.24. The van der Waals surface area contributed by atoms with Gasteiger partial charge in [0, 0.05) is 21.1 Å². The summed E-state index contributed by atoms with van der Waals surface area (Å²) in [6, 6.07) is 6.32. The fourth-order valence-electron chi connectivity index (χ4n) is 2.05. The molecule has 1 unspecified atom stereocenters. The van der Waals surface area contributed by atoms with Crippen LogP contribution >= 0.6 is 27.5 Å². The third-order valence-corrected chi connectivity index (χ3v) is 4.06. The molecule has 0 radical (unpaired) electrons. The van der Waals surface area contributed by atoms with E-state index in [0.29, 0.717) is 6.04 Å². The van der Waals surface area contributed by atoms with Gasteiger partial charge in [0.25, 0.3) is 0 Å².